The van der Waals surface area contributed by atoms with Crippen molar-refractivity contribution >= 4 is 28.8 Å². The molecule has 3 rings (SSSR count). The summed E-state index contributed by atoms with van der Waals surface area (Å²) < 4.78 is 0. The highest BCUT2D eigenvalue weighted by Gasteiger charge is 2.18. The van der Waals surface area contributed by atoms with Crippen LogP contribution in [0.3, 0.4) is 0 Å². The number of amides is 2. The zero-order valence-corrected chi connectivity index (χ0v) is 14.5. The third kappa shape index (κ3) is 4.00. The standard InChI is InChI=1S/C18H21N3O2S/c1-2-3-4-16(22)19-8-7-18-21-15(11-24-18)12-5-6-14-13(9-12)10-17(23)20-14/h5-6,9,11H,2-4,7-8,10H2,1H3,(H,19,22)(H,20,23). The van der Waals surface area contributed by atoms with E-state index in [0.717, 1.165) is 46.8 Å². The Morgan fingerprint density at radius 3 is 3.12 bits per heavy atom. The van der Waals surface area contributed by atoms with E-state index in [-0.39, 0.29) is 11.8 Å². The van der Waals surface area contributed by atoms with Crippen LogP contribution in [0.15, 0.2) is 23.6 Å². The second-order valence-corrected chi connectivity index (χ2v) is 6.87. The summed E-state index contributed by atoms with van der Waals surface area (Å²) in [6, 6.07) is 5.94. The van der Waals surface area contributed by atoms with Crippen LogP contribution in [0.1, 0.15) is 36.8 Å². The monoisotopic (exact) mass is 343 g/mol. The van der Waals surface area contributed by atoms with Crippen LogP contribution in [0, 0.1) is 0 Å². The first kappa shape index (κ1) is 16.6. The number of fused-ring (bicyclic) bond motifs is 1. The normalized spacial score (nSPS) is 12.8. The minimum Gasteiger partial charge on any atom is -0.356 e. The Bertz CT molecular complexity index is 754. The van der Waals surface area contributed by atoms with Crippen molar-refractivity contribution in [2.45, 2.75) is 39.0 Å². The van der Waals surface area contributed by atoms with Crippen molar-refractivity contribution < 1.29 is 9.59 Å². The van der Waals surface area contributed by atoms with E-state index in [2.05, 4.69) is 22.5 Å². The van der Waals surface area contributed by atoms with Gasteiger partial charge in [-0.1, -0.05) is 19.4 Å². The van der Waals surface area contributed by atoms with Crippen molar-refractivity contribution in [3.63, 3.8) is 0 Å². The van der Waals surface area contributed by atoms with E-state index in [0.29, 0.717) is 19.4 Å². The number of rotatable bonds is 7. The largest absolute Gasteiger partial charge is 0.356 e. The van der Waals surface area contributed by atoms with Crippen molar-refractivity contribution in [2.24, 2.45) is 0 Å². The van der Waals surface area contributed by atoms with E-state index in [9.17, 15) is 9.59 Å². The summed E-state index contributed by atoms with van der Waals surface area (Å²) in [7, 11) is 0. The fourth-order valence-corrected chi connectivity index (χ4v) is 3.49. The molecular formula is C18H21N3O2S. The van der Waals surface area contributed by atoms with Gasteiger partial charge in [-0.25, -0.2) is 4.98 Å². The highest BCUT2D eigenvalue weighted by molar-refractivity contribution is 7.09. The van der Waals surface area contributed by atoms with Crippen LogP contribution < -0.4 is 10.6 Å². The molecule has 1 aromatic heterocycles. The molecule has 1 aromatic carbocycles. The lowest BCUT2D eigenvalue weighted by atomic mass is 10.1. The lowest BCUT2D eigenvalue weighted by molar-refractivity contribution is -0.121. The first-order chi connectivity index (χ1) is 11.7. The number of carbonyl (C=O) groups excluding carboxylic acids is 2. The number of anilines is 1. The van der Waals surface area contributed by atoms with Gasteiger partial charge >= 0.3 is 0 Å². The van der Waals surface area contributed by atoms with Gasteiger partial charge < -0.3 is 10.6 Å². The lowest BCUT2D eigenvalue weighted by Crippen LogP contribution is -2.25. The van der Waals surface area contributed by atoms with Crippen LogP contribution in [0.5, 0.6) is 0 Å². The molecule has 24 heavy (non-hydrogen) atoms. The summed E-state index contributed by atoms with van der Waals surface area (Å²) in [5, 5.41) is 8.81. The average Bonchev–Trinajstić information content (AvgIpc) is 3.17. The summed E-state index contributed by atoms with van der Waals surface area (Å²) in [6.45, 7) is 2.70. The summed E-state index contributed by atoms with van der Waals surface area (Å²) in [4.78, 5) is 27.7. The molecular weight excluding hydrogens is 322 g/mol. The van der Waals surface area contributed by atoms with E-state index in [1.807, 2.05) is 23.6 Å². The van der Waals surface area contributed by atoms with Gasteiger partial charge in [0.05, 0.1) is 17.1 Å². The maximum absolute atomic E-state index is 11.6. The van der Waals surface area contributed by atoms with Crippen LogP contribution in [0.2, 0.25) is 0 Å². The van der Waals surface area contributed by atoms with Crippen molar-refractivity contribution in [3.05, 3.63) is 34.2 Å². The second kappa shape index (κ2) is 7.57. The first-order valence-corrected chi connectivity index (χ1v) is 9.18. The van der Waals surface area contributed by atoms with Crippen LogP contribution >= 0.6 is 11.3 Å². The number of nitrogens with zero attached hydrogens (tertiary/aromatic N) is 1. The maximum atomic E-state index is 11.6. The van der Waals surface area contributed by atoms with Crippen LogP contribution in [0.4, 0.5) is 5.69 Å². The second-order valence-electron chi connectivity index (χ2n) is 5.93. The highest BCUT2D eigenvalue weighted by atomic mass is 32.1. The molecule has 5 nitrogen and oxygen atoms in total. The van der Waals surface area contributed by atoms with Gasteiger partial charge in [-0.05, 0) is 24.1 Å². The molecule has 0 saturated carbocycles. The van der Waals surface area contributed by atoms with E-state index >= 15 is 0 Å². The van der Waals surface area contributed by atoms with Crippen molar-refractivity contribution in [1.29, 1.82) is 0 Å². The predicted molar refractivity (Wildman–Crippen MR) is 96.1 cm³/mol. The molecule has 2 amide bonds. The molecule has 0 saturated heterocycles. The number of thiazole rings is 1. The first-order valence-electron chi connectivity index (χ1n) is 8.30. The molecule has 0 fully saturated rings. The van der Waals surface area contributed by atoms with Gasteiger partial charge in [-0.15, -0.1) is 11.3 Å². The third-order valence-corrected chi connectivity index (χ3v) is 4.90. The molecule has 1 aliphatic heterocycles. The molecule has 0 spiro atoms. The lowest BCUT2D eigenvalue weighted by Gasteiger charge is -2.03. The Morgan fingerprint density at radius 1 is 1.42 bits per heavy atom. The van der Waals surface area contributed by atoms with Crippen LogP contribution in [-0.2, 0) is 22.4 Å². The van der Waals surface area contributed by atoms with Gasteiger partial charge in [0.15, 0.2) is 0 Å². The van der Waals surface area contributed by atoms with E-state index in [4.69, 9.17) is 0 Å². The molecule has 0 bridgehead atoms. The van der Waals surface area contributed by atoms with Gasteiger partial charge in [0.25, 0.3) is 0 Å². The molecule has 0 unspecified atom stereocenters. The Balaban J connectivity index is 1.57. The van der Waals surface area contributed by atoms with Crippen LogP contribution in [-0.4, -0.2) is 23.3 Å². The Morgan fingerprint density at radius 2 is 2.29 bits per heavy atom. The number of hydrogen-bond donors (Lipinski definition) is 2. The minimum atomic E-state index is 0.0416. The molecule has 0 aliphatic carbocycles. The average molecular weight is 343 g/mol. The predicted octanol–water partition coefficient (Wildman–Crippen LogP) is 3.15. The SMILES string of the molecule is CCCCC(=O)NCCc1nc(-c2ccc3c(c2)CC(=O)N3)cs1. The molecule has 2 aromatic rings. The summed E-state index contributed by atoms with van der Waals surface area (Å²) in [5.74, 6) is 0.157. The number of hydrogen-bond acceptors (Lipinski definition) is 4. The molecule has 6 heteroatoms. The zero-order valence-electron chi connectivity index (χ0n) is 13.7. The van der Waals surface area contributed by atoms with Crippen molar-refractivity contribution in [1.82, 2.24) is 10.3 Å². The van der Waals surface area contributed by atoms with Gasteiger partial charge in [-0.2, -0.15) is 0 Å². The summed E-state index contributed by atoms with van der Waals surface area (Å²) in [6.07, 6.45) is 3.74. The molecule has 1 aliphatic rings. The van der Waals surface area contributed by atoms with E-state index < -0.39 is 0 Å². The number of aromatic nitrogens is 1. The number of benzene rings is 1. The van der Waals surface area contributed by atoms with Gasteiger partial charge in [0.2, 0.25) is 11.8 Å². The smallest absolute Gasteiger partial charge is 0.228 e. The fourth-order valence-electron chi connectivity index (χ4n) is 2.68. The van der Waals surface area contributed by atoms with Gasteiger partial charge in [-0.3, -0.25) is 9.59 Å². The molecule has 2 N–H and O–H groups in total. The number of carbonyl (C=O) groups is 2. The van der Waals surface area contributed by atoms with Crippen LogP contribution in [0.25, 0.3) is 11.3 Å². The van der Waals surface area contributed by atoms with Crippen molar-refractivity contribution in [2.75, 3.05) is 11.9 Å². The van der Waals surface area contributed by atoms with E-state index in [1.54, 1.807) is 11.3 Å². The number of nitrogens with one attached hydrogen (secondary N) is 2. The third-order valence-electron chi connectivity index (χ3n) is 4.00. The van der Waals surface area contributed by atoms with Gasteiger partial charge in [0, 0.05) is 36.0 Å². The maximum Gasteiger partial charge on any atom is 0.228 e. The molecule has 2 heterocycles. The molecule has 126 valence electrons. The Kier molecular flexibility index (Phi) is 5.25. The Hall–Kier alpha value is -2.21. The topological polar surface area (TPSA) is 71.1 Å². The fraction of sp³-hybridized carbons (Fsp3) is 0.389. The zero-order chi connectivity index (χ0) is 16.9. The number of unbranched alkanes of at least 4 members (excludes halogenated alkanes) is 1. The summed E-state index contributed by atoms with van der Waals surface area (Å²) >= 11 is 1.60. The molecule has 0 atom stereocenters. The minimum absolute atomic E-state index is 0.0416. The highest BCUT2D eigenvalue weighted by Crippen LogP contribution is 2.29. The van der Waals surface area contributed by atoms with E-state index in [1.165, 1.54) is 0 Å². The summed E-state index contributed by atoms with van der Waals surface area (Å²) in [5.41, 5.74) is 3.87. The van der Waals surface area contributed by atoms with Gasteiger partial charge in [0.1, 0.15) is 0 Å². The van der Waals surface area contributed by atoms with Crippen molar-refractivity contribution in [3.8, 4) is 11.3 Å². The Labute approximate surface area is 145 Å². The quantitative estimate of drug-likeness (QED) is 0.811. The molecule has 0 radical (unpaired) electrons.